The van der Waals surface area contributed by atoms with E-state index >= 15 is 4.39 Å². The highest BCUT2D eigenvalue weighted by Gasteiger charge is 2.39. The van der Waals surface area contributed by atoms with E-state index in [0.717, 1.165) is 44.6 Å². The standard InChI is InChI=1S/C30H47FN4O4/c1-24-20-35(27(36)38-22-26-8-6-5-7-9-26)19-18-34(24)21-25-10-14-32(15-11-25)23-30(31)12-16-33(17-13-30)28(37)39-29(2,3)4/h5-9,24-25H,10-23H2,1-4H3/t24-/m0/s1. The molecule has 8 nitrogen and oxygen atoms in total. The van der Waals surface area contributed by atoms with Crippen LogP contribution in [0.3, 0.4) is 0 Å². The van der Waals surface area contributed by atoms with Crippen LogP contribution in [-0.4, -0.2) is 108 Å². The first-order valence-corrected chi connectivity index (χ1v) is 14.6. The summed E-state index contributed by atoms with van der Waals surface area (Å²) in [5.74, 6) is 0.588. The Morgan fingerprint density at radius 2 is 1.62 bits per heavy atom. The number of piperidine rings is 2. The van der Waals surface area contributed by atoms with Gasteiger partial charge in [0.2, 0.25) is 0 Å². The molecule has 0 aliphatic carbocycles. The molecule has 0 unspecified atom stereocenters. The quantitative estimate of drug-likeness (QED) is 0.512. The zero-order valence-corrected chi connectivity index (χ0v) is 24.2. The lowest BCUT2D eigenvalue weighted by atomic mass is 9.90. The maximum absolute atomic E-state index is 15.6. The second-order valence-electron chi connectivity index (χ2n) is 12.7. The molecule has 3 aliphatic heterocycles. The fourth-order valence-corrected chi connectivity index (χ4v) is 5.88. The Kier molecular flexibility index (Phi) is 9.75. The molecule has 3 heterocycles. The summed E-state index contributed by atoms with van der Waals surface area (Å²) < 4.78 is 26.6. The lowest BCUT2D eigenvalue weighted by molar-refractivity contribution is -0.0110. The molecule has 2 amide bonds. The Balaban J connectivity index is 1.14. The Labute approximate surface area is 233 Å². The van der Waals surface area contributed by atoms with Gasteiger partial charge in [-0.05, 0) is 65.1 Å². The summed E-state index contributed by atoms with van der Waals surface area (Å²) in [7, 11) is 0. The van der Waals surface area contributed by atoms with Crippen molar-refractivity contribution >= 4 is 12.2 Å². The van der Waals surface area contributed by atoms with Gasteiger partial charge in [0.25, 0.3) is 0 Å². The van der Waals surface area contributed by atoms with Crippen LogP contribution in [0.5, 0.6) is 0 Å². The average Bonchev–Trinajstić information content (AvgIpc) is 2.89. The number of nitrogens with zero attached hydrogens (tertiary/aromatic N) is 4. The van der Waals surface area contributed by atoms with Crippen LogP contribution in [0, 0.1) is 5.92 Å². The van der Waals surface area contributed by atoms with E-state index in [4.69, 9.17) is 9.47 Å². The Morgan fingerprint density at radius 1 is 0.949 bits per heavy atom. The third-order valence-electron chi connectivity index (χ3n) is 8.25. The second kappa shape index (κ2) is 12.9. The van der Waals surface area contributed by atoms with Gasteiger partial charge in [0.15, 0.2) is 0 Å². The summed E-state index contributed by atoms with van der Waals surface area (Å²) in [5.41, 5.74) is -0.787. The minimum absolute atomic E-state index is 0.240. The summed E-state index contributed by atoms with van der Waals surface area (Å²) in [6.45, 7) is 14.3. The number of carbonyl (C=O) groups excluding carboxylic acids is 2. The minimum atomic E-state index is -1.24. The molecule has 218 valence electrons. The van der Waals surface area contributed by atoms with Crippen molar-refractivity contribution in [2.24, 2.45) is 5.92 Å². The van der Waals surface area contributed by atoms with Crippen molar-refractivity contribution in [3.05, 3.63) is 35.9 Å². The number of likely N-dealkylation sites (tertiary alicyclic amines) is 2. The van der Waals surface area contributed by atoms with E-state index in [-0.39, 0.29) is 18.2 Å². The number of piperazine rings is 1. The number of alkyl halides is 1. The molecule has 3 aliphatic rings. The average molecular weight is 547 g/mol. The molecule has 0 bridgehead atoms. The van der Waals surface area contributed by atoms with Gasteiger partial charge in [0, 0.05) is 64.7 Å². The minimum Gasteiger partial charge on any atom is -0.445 e. The molecule has 1 aromatic carbocycles. The second-order valence-corrected chi connectivity index (χ2v) is 12.7. The van der Waals surface area contributed by atoms with Crippen molar-refractivity contribution < 1.29 is 23.5 Å². The van der Waals surface area contributed by atoms with Crippen molar-refractivity contribution in [2.75, 3.05) is 58.9 Å². The number of hydrogen-bond acceptors (Lipinski definition) is 6. The van der Waals surface area contributed by atoms with Gasteiger partial charge < -0.3 is 24.2 Å². The van der Waals surface area contributed by atoms with Crippen LogP contribution in [0.2, 0.25) is 0 Å². The van der Waals surface area contributed by atoms with Crippen LogP contribution in [0.25, 0.3) is 0 Å². The molecule has 0 spiro atoms. The maximum Gasteiger partial charge on any atom is 0.410 e. The highest BCUT2D eigenvalue weighted by Crippen LogP contribution is 2.30. The molecular weight excluding hydrogens is 499 g/mol. The van der Waals surface area contributed by atoms with Crippen molar-refractivity contribution in [1.82, 2.24) is 19.6 Å². The van der Waals surface area contributed by atoms with Crippen molar-refractivity contribution in [3.8, 4) is 0 Å². The van der Waals surface area contributed by atoms with Gasteiger partial charge in [-0.3, -0.25) is 4.90 Å². The fourth-order valence-electron chi connectivity index (χ4n) is 5.88. The Bertz CT molecular complexity index is 940. The van der Waals surface area contributed by atoms with Gasteiger partial charge >= 0.3 is 12.2 Å². The molecule has 3 fully saturated rings. The van der Waals surface area contributed by atoms with Gasteiger partial charge in [0.1, 0.15) is 17.9 Å². The molecule has 1 atom stereocenters. The highest BCUT2D eigenvalue weighted by molar-refractivity contribution is 5.68. The topological polar surface area (TPSA) is 65.6 Å². The summed E-state index contributed by atoms with van der Waals surface area (Å²) in [5, 5.41) is 0. The van der Waals surface area contributed by atoms with Crippen molar-refractivity contribution in [2.45, 2.75) is 77.3 Å². The van der Waals surface area contributed by atoms with E-state index in [2.05, 4.69) is 16.7 Å². The third kappa shape index (κ3) is 8.80. The van der Waals surface area contributed by atoms with Gasteiger partial charge in [-0.1, -0.05) is 30.3 Å². The zero-order valence-electron chi connectivity index (χ0n) is 24.2. The van der Waals surface area contributed by atoms with Gasteiger partial charge in [-0.2, -0.15) is 0 Å². The van der Waals surface area contributed by atoms with E-state index in [1.54, 1.807) is 4.90 Å². The number of carbonyl (C=O) groups is 2. The number of ether oxygens (including phenoxy) is 2. The molecule has 0 N–H and O–H groups in total. The predicted molar refractivity (Wildman–Crippen MR) is 149 cm³/mol. The molecule has 1 aromatic rings. The van der Waals surface area contributed by atoms with E-state index in [1.165, 1.54) is 0 Å². The van der Waals surface area contributed by atoms with Crippen LogP contribution < -0.4 is 0 Å². The first-order valence-electron chi connectivity index (χ1n) is 14.6. The van der Waals surface area contributed by atoms with E-state index < -0.39 is 11.3 Å². The Morgan fingerprint density at radius 3 is 2.23 bits per heavy atom. The van der Waals surface area contributed by atoms with Crippen LogP contribution in [-0.2, 0) is 16.1 Å². The number of amides is 2. The summed E-state index contributed by atoms with van der Waals surface area (Å²) in [4.78, 5) is 33.1. The monoisotopic (exact) mass is 546 g/mol. The molecular formula is C30H47FN4O4. The van der Waals surface area contributed by atoms with E-state index in [9.17, 15) is 9.59 Å². The fraction of sp³-hybridized carbons (Fsp3) is 0.733. The molecule has 39 heavy (non-hydrogen) atoms. The van der Waals surface area contributed by atoms with Gasteiger partial charge in [-0.25, -0.2) is 14.0 Å². The summed E-state index contributed by atoms with van der Waals surface area (Å²) in [6.07, 6.45) is 2.27. The maximum atomic E-state index is 15.6. The molecule has 4 rings (SSSR count). The van der Waals surface area contributed by atoms with Gasteiger partial charge in [-0.15, -0.1) is 0 Å². The van der Waals surface area contributed by atoms with Gasteiger partial charge in [0.05, 0.1) is 0 Å². The number of halogens is 1. The summed E-state index contributed by atoms with van der Waals surface area (Å²) >= 11 is 0. The van der Waals surface area contributed by atoms with Crippen molar-refractivity contribution in [3.63, 3.8) is 0 Å². The number of hydrogen-bond donors (Lipinski definition) is 0. The van der Waals surface area contributed by atoms with Crippen LogP contribution in [0.4, 0.5) is 14.0 Å². The third-order valence-corrected chi connectivity index (χ3v) is 8.25. The zero-order chi connectivity index (χ0) is 28.0. The van der Waals surface area contributed by atoms with Crippen molar-refractivity contribution in [1.29, 1.82) is 0 Å². The molecule has 0 aromatic heterocycles. The summed E-state index contributed by atoms with van der Waals surface area (Å²) in [6, 6.07) is 10.0. The molecule has 0 radical (unpaired) electrons. The first kappa shape index (κ1) is 29.6. The van der Waals surface area contributed by atoms with Crippen LogP contribution in [0.15, 0.2) is 30.3 Å². The first-order chi connectivity index (χ1) is 18.5. The molecule has 9 heteroatoms. The normalized spacial score (nSPS) is 23.5. The lowest BCUT2D eigenvalue weighted by Gasteiger charge is -2.43. The largest absolute Gasteiger partial charge is 0.445 e. The number of benzene rings is 1. The van der Waals surface area contributed by atoms with Crippen LogP contribution in [0.1, 0.15) is 58.9 Å². The lowest BCUT2D eigenvalue weighted by Crippen LogP contribution is -2.55. The van der Waals surface area contributed by atoms with E-state index in [1.807, 2.05) is 56.0 Å². The highest BCUT2D eigenvalue weighted by atomic mass is 19.1. The smallest absolute Gasteiger partial charge is 0.410 e. The predicted octanol–water partition coefficient (Wildman–Crippen LogP) is 4.78. The SMILES string of the molecule is C[C@H]1CN(C(=O)OCc2ccccc2)CCN1CC1CCN(CC2(F)CCN(C(=O)OC(C)(C)C)CC2)CC1. The molecule has 0 saturated carbocycles. The van der Waals surface area contributed by atoms with E-state index in [0.29, 0.717) is 58.1 Å². The number of rotatable bonds is 6. The van der Waals surface area contributed by atoms with Crippen LogP contribution >= 0.6 is 0 Å². The molecule has 3 saturated heterocycles. The Hall–Kier alpha value is -2.39.